The van der Waals surface area contributed by atoms with Gasteiger partial charge < -0.3 is 70.1 Å². The molecule has 10 amide bonds. The summed E-state index contributed by atoms with van der Waals surface area (Å²) in [5.41, 5.74) is -1.01. The minimum Gasteiger partial charge on any atom is -0.487 e. The van der Waals surface area contributed by atoms with Gasteiger partial charge in [-0.25, -0.2) is 28.5 Å². The molecule has 6 N–H and O–H groups in total. The van der Waals surface area contributed by atoms with Gasteiger partial charge in [-0.2, -0.15) is 0 Å². The van der Waals surface area contributed by atoms with Crippen LogP contribution in [0.5, 0.6) is 11.5 Å². The van der Waals surface area contributed by atoms with Crippen LogP contribution in [0.4, 0.5) is 9.59 Å². The second kappa shape index (κ2) is 40.6. The molecule has 0 spiro atoms. The van der Waals surface area contributed by atoms with Crippen LogP contribution in [-0.2, 0) is 106 Å². The Morgan fingerprint density at radius 3 is 1.25 bits per heavy atom. The molecule has 34 nitrogen and oxygen atoms in total. The van der Waals surface area contributed by atoms with Crippen molar-refractivity contribution in [2.45, 2.75) is 232 Å². The first-order chi connectivity index (χ1) is 60.4. The summed E-state index contributed by atoms with van der Waals surface area (Å²) in [6.45, 7) is 26.5. The highest BCUT2D eigenvalue weighted by molar-refractivity contribution is 5.99. The van der Waals surface area contributed by atoms with Crippen LogP contribution >= 0.6 is 0 Å². The first kappa shape index (κ1) is 95.4. The van der Waals surface area contributed by atoms with E-state index >= 15 is 28.8 Å². The Morgan fingerprint density at radius 1 is 0.516 bits per heavy atom. The first-order valence-corrected chi connectivity index (χ1v) is 42.8. The van der Waals surface area contributed by atoms with E-state index in [-0.39, 0.29) is 82.8 Å². The minimum atomic E-state index is -1.47. The Hall–Kier alpha value is -13.3. The number of carbonyl (C=O) groups excluding carboxylic acids is 12. The molecule has 8 aromatic rings. The molecule has 1 unspecified atom stereocenters. The molecule has 682 valence electrons. The number of hydrogen-bond donors (Lipinski definition) is 6. The molecule has 6 aliphatic heterocycles. The lowest BCUT2D eigenvalue weighted by Gasteiger charge is -2.37. The number of benzene rings is 6. The zero-order valence-electron chi connectivity index (χ0n) is 75.7. The minimum absolute atomic E-state index is 0.0709. The molecule has 34 heteroatoms. The van der Waals surface area contributed by atoms with Crippen LogP contribution in [0.15, 0.2) is 159 Å². The van der Waals surface area contributed by atoms with E-state index in [4.69, 9.17) is 28.4 Å². The summed E-state index contributed by atoms with van der Waals surface area (Å²) < 4.78 is 37.6. The average molecular weight is 1760 g/mol. The lowest BCUT2D eigenvalue weighted by atomic mass is 9.85. The van der Waals surface area contributed by atoms with E-state index in [0.717, 1.165) is 31.3 Å². The van der Waals surface area contributed by atoms with E-state index in [0.29, 0.717) is 33.8 Å². The molecular weight excluding hydrogens is 1640 g/mol. The Kier molecular flexibility index (Phi) is 30.2. The monoisotopic (exact) mass is 1760 g/mol. The number of rotatable bonds is 16. The highest BCUT2D eigenvalue weighted by Gasteiger charge is 2.51. The van der Waals surface area contributed by atoms with Crippen molar-refractivity contribution in [3.05, 3.63) is 192 Å². The number of methoxy groups -OCH3 is 1. The van der Waals surface area contributed by atoms with Gasteiger partial charge in [0.2, 0.25) is 47.3 Å². The first-order valence-electron chi connectivity index (χ1n) is 42.8. The van der Waals surface area contributed by atoms with Crippen LogP contribution in [0.3, 0.4) is 0 Å². The van der Waals surface area contributed by atoms with Gasteiger partial charge in [-0.1, -0.05) is 174 Å². The number of likely N-dealkylation sites (tertiary alicyclic amines) is 2. The molecule has 2 aromatic heterocycles. The molecule has 128 heavy (non-hydrogen) atoms. The quantitative estimate of drug-likeness (QED) is 0.0301. The summed E-state index contributed by atoms with van der Waals surface area (Å²) in [5.74, 6) is -6.95. The lowest BCUT2D eigenvalue weighted by molar-refractivity contribution is -0.147. The molecule has 2 fully saturated rings. The van der Waals surface area contributed by atoms with Gasteiger partial charge in [0.15, 0.2) is 0 Å². The smallest absolute Gasteiger partial charge is 0.410 e. The highest BCUT2D eigenvalue weighted by atomic mass is 16.6. The second-order valence-corrected chi connectivity index (χ2v) is 36.9. The fraction of sp³-hybridized carbons (Fsp3) is 0.468. The number of aromatic nitrogens is 6. The number of ether oxygens (including phenoxy) is 6. The van der Waals surface area contributed by atoms with Crippen molar-refractivity contribution in [1.29, 1.82) is 0 Å². The summed E-state index contributed by atoms with van der Waals surface area (Å²) in [5, 5.41) is 38.9. The van der Waals surface area contributed by atoms with Crippen LogP contribution in [-0.4, -0.2) is 233 Å². The predicted octanol–water partition coefficient (Wildman–Crippen LogP) is 8.32. The van der Waals surface area contributed by atoms with Crippen molar-refractivity contribution < 1.29 is 86.0 Å². The molecule has 8 bridgehead atoms. The Morgan fingerprint density at radius 2 is 0.891 bits per heavy atom. The van der Waals surface area contributed by atoms with Gasteiger partial charge in [0.05, 0.1) is 31.6 Å². The van der Waals surface area contributed by atoms with E-state index in [1.54, 1.807) is 144 Å². The van der Waals surface area contributed by atoms with Crippen molar-refractivity contribution in [1.82, 2.24) is 81.5 Å². The van der Waals surface area contributed by atoms with E-state index in [2.05, 4.69) is 59.1 Å². The molecular formula is C94H118N16O18. The summed E-state index contributed by atoms with van der Waals surface area (Å²) in [7, 11) is 3.98. The van der Waals surface area contributed by atoms with Crippen LogP contribution in [0.2, 0.25) is 0 Å². The van der Waals surface area contributed by atoms with Gasteiger partial charge >= 0.3 is 24.1 Å². The molecule has 0 aliphatic carbocycles. The molecule has 6 aromatic carbocycles. The van der Waals surface area contributed by atoms with E-state index in [1.165, 1.54) is 60.3 Å². The number of nitrogens with one attached hydrogen (secondary N) is 6. The van der Waals surface area contributed by atoms with Crippen molar-refractivity contribution in [2.24, 2.45) is 10.8 Å². The van der Waals surface area contributed by atoms with Gasteiger partial charge in [0, 0.05) is 52.9 Å². The van der Waals surface area contributed by atoms with Crippen LogP contribution in [0.25, 0.3) is 21.5 Å². The topological polar surface area (TPSA) is 407 Å². The predicted molar refractivity (Wildman–Crippen MR) is 473 cm³/mol. The summed E-state index contributed by atoms with van der Waals surface area (Å²) in [6, 6.07) is 24.1. The third-order valence-corrected chi connectivity index (χ3v) is 22.7. The number of carbonyl (C=O) groups is 12. The zero-order chi connectivity index (χ0) is 93.0. The second-order valence-electron chi connectivity index (χ2n) is 36.9. The Balaban J connectivity index is 0.959. The summed E-state index contributed by atoms with van der Waals surface area (Å²) >= 11 is 0. The number of nitrogens with zero attached hydrogens (tertiary/aromatic N) is 10. The Labute approximate surface area is 744 Å². The SMILES string of the molecule is C=CCOC(=O)[C@@H]1Cc2ccc(cc2)OCc2cn(nn2)C2CCN(C(=O)[C@@H](NC(=O)[C@H](C)N(C)C(=O)OC(C)(C)C)C(C)(C)C)[C@@H]2C(=O)N[C@@H](Cc2ccc3ccccc3c2)C(=O)N[C@H](C(=O)OC)Cc2ccc(cc2)OCc2cn(nn2)[C@@H]2CCN(C(=O)[C@@H](NC(=O)[C@H](C)N(C)C(=O)OC(C)(C)C)C(C)(C)C)[C@@H]2C(=O)N[C@@H](Cc2ccc3ccccc3c2)C(=O)N1. The maximum absolute atomic E-state index is 16.0. The molecule has 14 rings (SSSR count). The number of likely N-dealkylation sites (N-methyl/N-ethyl adjacent to an activating group) is 2. The van der Waals surface area contributed by atoms with Crippen LogP contribution in [0.1, 0.15) is 155 Å². The van der Waals surface area contributed by atoms with Gasteiger partial charge in [0.1, 0.15) is 114 Å². The number of fused-ring (bicyclic) bond motifs is 2. The van der Waals surface area contributed by atoms with Crippen LogP contribution < -0.4 is 41.4 Å². The average Bonchev–Trinajstić information content (AvgIpc) is 1.62. The van der Waals surface area contributed by atoms with Crippen molar-refractivity contribution in [3.8, 4) is 11.5 Å². The third kappa shape index (κ3) is 24.3. The largest absolute Gasteiger partial charge is 0.487 e. The van der Waals surface area contributed by atoms with E-state index in [1.807, 2.05) is 84.9 Å². The summed E-state index contributed by atoms with van der Waals surface area (Å²) in [6.07, 6.45) is 2.58. The molecule has 0 saturated carbocycles. The Bertz CT molecular complexity index is 5390. The molecule has 0 radical (unpaired) electrons. The normalized spacial score (nSPS) is 20.3. The van der Waals surface area contributed by atoms with Gasteiger partial charge in [-0.3, -0.25) is 48.2 Å². The number of esters is 2. The molecule has 8 heterocycles. The number of amides is 10. The molecule has 6 aliphatic rings. The fourth-order valence-electron chi connectivity index (χ4n) is 15.5. The van der Waals surface area contributed by atoms with E-state index in [9.17, 15) is 28.8 Å². The molecule has 2 saturated heterocycles. The lowest BCUT2D eigenvalue weighted by Crippen LogP contribution is -2.62. The van der Waals surface area contributed by atoms with Crippen molar-refractivity contribution >= 4 is 92.9 Å². The standard InChI is InChI=1S/C94H118N16O18/c1-19-44-124-88(120)72-48-58-32-38-68(39-33-58)126-54-66-52-109(103-102-66)73-40-42-107(85(117)77(91(4,5)6)99-79(111)55(2)105(16)89(121)127-93(10,11)12)75(73)83(115)95-69(49-59-28-34-61-24-20-22-26-63(61)45-59)81(113)97-71(87(119)123-18)47-57-30-36-67(37-31-57)125-53-65-51-110(104-101-65)74-41-43-108(86(118)78(92(7,8)9)100-80(112)56(3)106(17)90(122)128-94(13,14)15)76(74)84(116)96-70(82(114)98-72)50-60-29-35-62-25-21-23-27-64(62)46-60/h19-39,45-46,51-52,55-56,69-78H,1,40-44,47-50,53-54H2,2-18H3,(H,95,115)(H,96,116)(H,97,113)(H,98,114)(H,99,111)(H,100,112)/t55-,56-,69-,70-,71-,72-,73?,74+,75-,76-,77+,78+/m0/s1. The maximum atomic E-state index is 16.0. The third-order valence-electron chi connectivity index (χ3n) is 22.7. The fourth-order valence-corrected chi connectivity index (χ4v) is 15.5. The summed E-state index contributed by atoms with van der Waals surface area (Å²) in [4.78, 5) is 183. The zero-order valence-corrected chi connectivity index (χ0v) is 75.7. The van der Waals surface area contributed by atoms with Gasteiger partial charge in [-0.15, -0.1) is 10.2 Å². The van der Waals surface area contributed by atoms with Crippen molar-refractivity contribution in [2.75, 3.05) is 40.9 Å². The van der Waals surface area contributed by atoms with E-state index < -0.39 is 166 Å². The number of hydrogen-bond acceptors (Lipinski definition) is 22. The van der Waals surface area contributed by atoms with Gasteiger partial charge in [0.25, 0.3) is 0 Å². The van der Waals surface area contributed by atoms with Crippen molar-refractivity contribution in [3.63, 3.8) is 0 Å². The maximum Gasteiger partial charge on any atom is 0.410 e. The van der Waals surface area contributed by atoms with Gasteiger partial charge in [-0.05, 0) is 147 Å². The molecule has 12 atom stereocenters. The highest BCUT2D eigenvalue weighted by Crippen LogP contribution is 2.36. The van der Waals surface area contributed by atoms with Crippen LogP contribution in [0, 0.1) is 10.8 Å².